The molecule has 2 N–H and O–H groups in total. The summed E-state index contributed by atoms with van der Waals surface area (Å²) in [4.78, 5) is 12.7. The van der Waals surface area contributed by atoms with Gasteiger partial charge in [0.25, 0.3) is 5.91 Å². The lowest BCUT2D eigenvalue weighted by atomic mass is 10.1. The molecule has 1 heterocycles. The molecule has 3 rings (SSSR count). The molecule has 0 saturated carbocycles. The van der Waals surface area contributed by atoms with E-state index in [1.165, 1.54) is 29.6 Å². The van der Waals surface area contributed by atoms with Crippen molar-refractivity contribution < 1.29 is 26.4 Å². The lowest BCUT2D eigenvalue weighted by Gasteiger charge is -2.15. The van der Waals surface area contributed by atoms with Crippen molar-refractivity contribution >= 4 is 26.0 Å². The van der Waals surface area contributed by atoms with Crippen LogP contribution in [-0.2, 0) is 26.5 Å². The van der Waals surface area contributed by atoms with E-state index in [2.05, 4.69) is 10.0 Å². The van der Waals surface area contributed by atoms with Crippen LogP contribution in [0.25, 0.3) is 0 Å². The number of nitrogens with zero attached hydrogens (tertiary/aromatic N) is 1. The lowest BCUT2D eigenvalue weighted by Crippen LogP contribution is -2.28. The molecule has 0 unspecified atom stereocenters. The quantitative estimate of drug-likeness (QED) is 0.518. The molecule has 0 aromatic heterocycles. The molecule has 11 heteroatoms. The Kier molecular flexibility index (Phi) is 8.11. The number of sulfonamides is 2. The number of rotatable bonds is 10. The SMILES string of the molecule is CCNS(=O)(=O)c1cc(C(=O)NCCc2ccc(S(=O)(=O)N3CCCC3)cc2)ccc1OC. The van der Waals surface area contributed by atoms with Gasteiger partial charge in [-0.3, -0.25) is 4.79 Å². The fraction of sp³-hybridized carbons (Fsp3) is 0.409. The van der Waals surface area contributed by atoms with Crippen LogP contribution in [0.15, 0.2) is 52.3 Å². The molecule has 9 nitrogen and oxygen atoms in total. The van der Waals surface area contributed by atoms with Crippen molar-refractivity contribution in [3.05, 3.63) is 53.6 Å². The van der Waals surface area contributed by atoms with E-state index < -0.39 is 26.0 Å². The van der Waals surface area contributed by atoms with Gasteiger partial charge in [-0.2, -0.15) is 4.31 Å². The Balaban J connectivity index is 1.62. The van der Waals surface area contributed by atoms with E-state index in [0.29, 0.717) is 26.1 Å². The summed E-state index contributed by atoms with van der Waals surface area (Å²) >= 11 is 0. The third-order valence-electron chi connectivity index (χ3n) is 5.38. The molecule has 2 aromatic rings. The van der Waals surface area contributed by atoms with E-state index in [1.807, 2.05) is 0 Å². The van der Waals surface area contributed by atoms with Gasteiger partial charge in [-0.25, -0.2) is 21.6 Å². The predicted octanol–water partition coefficient (Wildman–Crippen LogP) is 1.75. The Bertz CT molecular complexity index is 1190. The normalized spacial score (nSPS) is 14.8. The lowest BCUT2D eigenvalue weighted by molar-refractivity contribution is 0.0954. The summed E-state index contributed by atoms with van der Waals surface area (Å²) in [6.07, 6.45) is 2.26. The maximum Gasteiger partial charge on any atom is 0.251 e. The minimum atomic E-state index is -3.80. The zero-order valence-corrected chi connectivity index (χ0v) is 20.3. The Hall–Kier alpha value is -2.47. The van der Waals surface area contributed by atoms with Crippen LogP contribution in [0.4, 0.5) is 0 Å². The van der Waals surface area contributed by atoms with Crippen LogP contribution >= 0.6 is 0 Å². The van der Waals surface area contributed by atoms with Crippen molar-refractivity contribution in [3.63, 3.8) is 0 Å². The molecule has 0 spiro atoms. The van der Waals surface area contributed by atoms with E-state index >= 15 is 0 Å². The highest BCUT2D eigenvalue weighted by Crippen LogP contribution is 2.25. The van der Waals surface area contributed by atoms with Gasteiger partial charge in [-0.15, -0.1) is 0 Å². The number of hydrogen-bond acceptors (Lipinski definition) is 6. The van der Waals surface area contributed by atoms with Crippen molar-refractivity contribution in [1.29, 1.82) is 0 Å². The first-order chi connectivity index (χ1) is 15.7. The van der Waals surface area contributed by atoms with Gasteiger partial charge in [0.15, 0.2) is 0 Å². The average Bonchev–Trinajstić information content (AvgIpc) is 3.35. The van der Waals surface area contributed by atoms with Crippen LogP contribution < -0.4 is 14.8 Å². The molecule has 1 aliphatic heterocycles. The van der Waals surface area contributed by atoms with Crippen LogP contribution in [0.2, 0.25) is 0 Å². The van der Waals surface area contributed by atoms with Crippen LogP contribution in [0, 0.1) is 0 Å². The zero-order valence-electron chi connectivity index (χ0n) is 18.7. The number of hydrogen-bond donors (Lipinski definition) is 2. The number of carbonyl (C=O) groups is 1. The minimum Gasteiger partial charge on any atom is -0.495 e. The number of methoxy groups -OCH3 is 1. The molecule has 0 atom stereocenters. The van der Waals surface area contributed by atoms with E-state index in [-0.39, 0.29) is 27.6 Å². The fourth-order valence-electron chi connectivity index (χ4n) is 3.62. The second-order valence-electron chi connectivity index (χ2n) is 7.63. The molecule has 1 fully saturated rings. The van der Waals surface area contributed by atoms with Crippen LogP contribution in [0.1, 0.15) is 35.7 Å². The molecule has 0 radical (unpaired) electrons. The maximum absolute atomic E-state index is 12.6. The Morgan fingerprint density at radius 2 is 1.70 bits per heavy atom. The Labute approximate surface area is 195 Å². The Morgan fingerprint density at radius 1 is 1.03 bits per heavy atom. The molecule has 0 bridgehead atoms. The van der Waals surface area contributed by atoms with Gasteiger partial charge < -0.3 is 10.1 Å². The Morgan fingerprint density at radius 3 is 2.30 bits per heavy atom. The summed E-state index contributed by atoms with van der Waals surface area (Å²) in [7, 11) is -5.89. The second kappa shape index (κ2) is 10.6. The number of carbonyl (C=O) groups excluding carboxylic acids is 1. The fourth-order valence-corrected chi connectivity index (χ4v) is 6.37. The predicted molar refractivity (Wildman–Crippen MR) is 124 cm³/mol. The van der Waals surface area contributed by atoms with Gasteiger partial charge >= 0.3 is 0 Å². The molecule has 1 amide bonds. The van der Waals surface area contributed by atoms with Crippen LogP contribution in [-0.4, -0.2) is 60.3 Å². The van der Waals surface area contributed by atoms with Crippen molar-refractivity contribution in [1.82, 2.24) is 14.3 Å². The van der Waals surface area contributed by atoms with Crippen molar-refractivity contribution in [2.75, 3.05) is 33.3 Å². The smallest absolute Gasteiger partial charge is 0.251 e. The molecular weight excluding hydrogens is 466 g/mol. The number of ether oxygens (including phenoxy) is 1. The van der Waals surface area contributed by atoms with Gasteiger partial charge in [0.05, 0.1) is 12.0 Å². The second-order valence-corrected chi connectivity index (χ2v) is 11.3. The molecular formula is C22H29N3O6S2. The monoisotopic (exact) mass is 495 g/mol. The highest BCUT2D eigenvalue weighted by Gasteiger charge is 2.27. The molecule has 1 aliphatic rings. The van der Waals surface area contributed by atoms with Crippen molar-refractivity contribution in [2.45, 2.75) is 36.0 Å². The average molecular weight is 496 g/mol. The number of nitrogens with one attached hydrogen (secondary N) is 2. The van der Waals surface area contributed by atoms with Crippen molar-refractivity contribution in [2.24, 2.45) is 0 Å². The largest absolute Gasteiger partial charge is 0.495 e. The standard InChI is InChI=1S/C22H29N3O6S2/c1-3-24-32(27,28)21-16-18(8-11-20(21)31-2)22(26)23-13-12-17-6-9-19(10-7-17)33(29,30)25-14-4-5-15-25/h6-11,16,24H,3-5,12-15H2,1-2H3,(H,23,26). The molecule has 0 aliphatic carbocycles. The first-order valence-corrected chi connectivity index (χ1v) is 13.7. The van der Waals surface area contributed by atoms with E-state index in [0.717, 1.165) is 18.4 Å². The first kappa shape index (κ1) is 25.2. The zero-order chi connectivity index (χ0) is 24.1. The van der Waals surface area contributed by atoms with Gasteiger partial charge in [-0.1, -0.05) is 19.1 Å². The molecule has 2 aromatic carbocycles. The minimum absolute atomic E-state index is 0.102. The highest BCUT2D eigenvalue weighted by molar-refractivity contribution is 7.89. The summed E-state index contributed by atoms with van der Waals surface area (Å²) in [6, 6.07) is 10.9. The highest BCUT2D eigenvalue weighted by atomic mass is 32.2. The molecule has 180 valence electrons. The topological polar surface area (TPSA) is 122 Å². The third kappa shape index (κ3) is 5.91. The summed E-state index contributed by atoms with van der Waals surface area (Å²) < 4.78 is 59.0. The van der Waals surface area contributed by atoms with Gasteiger partial charge in [0.1, 0.15) is 10.6 Å². The number of amides is 1. The van der Waals surface area contributed by atoms with Gasteiger partial charge in [-0.05, 0) is 55.2 Å². The molecule has 1 saturated heterocycles. The van der Waals surface area contributed by atoms with E-state index in [9.17, 15) is 21.6 Å². The third-order valence-corrected chi connectivity index (χ3v) is 8.85. The summed E-state index contributed by atoms with van der Waals surface area (Å²) in [6.45, 7) is 3.28. The van der Waals surface area contributed by atoms with E-state index in [4.69, 9.17) is 4.74 Å². The maximum atomic E-state index is 12.6. The summed E-state index contributed by atoms with van der Waals surface area (Å²) in [5.74, 6) is -0.268. The number of benzene rings is 2. The van der Waals surface area contributed by atoms with Crippen LogP contribution in [0.3, 0.4) is 0 Å². The first-order valence-electron chi connectivity index (χ1n) is 10.7. The van der Waals surface area contributed by atoms with Gasteiger partial charge in [0.2, 0.25) is 20.0 Å². The summed E-state index contributed by atoms with van der Waals surface area (Å²) in [5.41, 5.74) is 1.07. The van der Waals surface area contributed by atoms with Crippen LogP contribution in [0.5, 0.6) is 5.75 Å². The van der Waals surface area contributed by atoms with E-state index in [1.54, 1.807) is 31.2 Å². The van der Waals surface area contributed by atoms with Gasteiger partial charge in [0, 0.05) is 31.7 Å². The molecule has 33 heavy (non-hydrogen) atoms. The summed E-state index contributed by atoms with van der Waals surface area (Å²) in [5, 5.41) is 2.76. The van der Waals surface area contributed by atoms with Crippen molar-refractivity contribution in [3.8, 4) is 5.75 Å².